The number of aliphatic hydroxyl groups excluding tert-OH is 1. The number of primary amides is 1. The van der Waals surface area contributed by atoms with Gasteiger partial charge in [0.2, 0.25) is 5.88 Å². The van der Waals surface area contributed by atoms with Gasteiger partial charge in [-0.15, -0.1) is 0 Å². The lowest BCUT2D eigenvalue weighted by Crippen LogP contribution is -2.68. The van der Waals surface area contributed by atoms with E-state index in [1.54, 1.807) is 18.3 Å². The van der Waals surface area contributed by atoms with Gasteiger partial charge in [-0.25, -0.2) is 9.78 Å². The van der Waals surface area contributed by atoms with Crippen molar-refractivity contribution in [3.05, 3.63) is 59.3 Å². The monoisotopic (exact) mass is 800 g/mol. The molecule has 0 aliphatic heterocycles. The lowest BCUT2D eigenvalue weighted by Gasteiger charge is -2.72. The zero-order valence-electron chi connectivity index (χ0n) is 36.1. The van der Waals surface area contributed by atoms with Gasteiger partial charge < -0.3 is 30.7 Å². The number of fused-ring (bicyclic) bond motifs is 7. The van der Waals surface area contributed by atoms with Crippen LogP contribution in [0.15, 0.2) is 53.8 Å². The molecule has 0 radical (unpaired) electrons. The lowest BCUT2D eigenvalue weighted by molar-refractivity contribution is -0.221. The number of amides is 1. The first-order chi connectivity index (χ1) is 27.3. The number of carbonyl (C=O) groups is 3. The average molecular weight is 800 g/mol. The molecule has 0 spiro atoms. The minimum absolute atomic E-state index is 0.0471. The second kappa shape index (κ2) is 15.2. The fourth-order valence-corrected chi connectivity index (χ4v) is 14.7. The van der Waals surface area contributed by atoms with E-state index in [-0.39, 0.29) is 64.4 Å². The minimum atomic E-state index is -1.41. The summed E-state index contributed by atoms with van der Waals surface area (Å²) >= 11 is 0. The maximum atomic E-state index is 13.6. The number of allylic oxidation sites excluding steroid dienone is 5. The smallest absolute Gasteiger partial charge is 0.333 e. The Hall–Kier alpha value is -3.50. The maximum absolute atomic E-state index is 13.6. The SMILES string of the molecule is C=C(C)[C@@H]1CC[C@]2(NC[C@@H](O)C(=O)O)CC[C@]3(C)[C@H](CC[C@@H]4[C@@]5(C)CC=C(C6=CC[C@@](COc7ncccc7C(N)=O)(C(=O)OCC)CC6)C(C)(C)[C@@H]5CC[C@]43C)[C@@H]12. The van der Waals surface area contributed by atoms with Crippen LogP contribution in [-0.2, 0) is 14.3 Å². The Kier molecular flexibility index (Phi) is 11.2. The van der Waals surface area contributed by atoms with Crippen LogP contribution in [0.1, 0.15) is 136 Å². The summed E-state index contributed by atoms with van der Waals surface area (Å²) in [7, 11) is 0. The molecule has 6 aliphatic carbocycles. The molecule has 58 heavy (non-hydrogen) atoms. The van der Waals surface area contributed by atoms with Crippen molar-refractivity contribution < 1.29 is 34.1 Å². The van der Waals surface area contributed by atoms with Crippen molar-refractivity contribution in [2.24, 2.45) is 62.4 Å². The number of ether oxygens (including phenoxy) is 2. The van der Waals surface area contributed by atoms with E-state index >= 15 is 0 Å². The molecule has 10 nitrogen and oxygen atoms in total. The van der Waals surface area contributed by atoms with Crippen LogP contribution >= 0.6 is 0 Å². The quantitative estimate of drug-likeness (QED) is 0.121. The first kappa shape index (κ1) is 42.6. The molecule has 11 atom stereocenters. The van der Waals surface area contributed by atoms with Gasteiger partial charge in [0.25, 0.3) is 5.91 Å². The van der Waals surface area contributed by atoms with Gasteiger partial charge in [0, 0.05) is 18.3 Å². The van der Waals surface area contributed by atoms with Crippen molar-refractivity contribution in [3.63, 3.8) is 0 Å². The molecule has 0 bridgehead atoms. The number of aromatic nitrogens is 1. The topological polar surface area (TPSA) is 161 Å². The van der Waals surface area contributed by atoms with Crippen molar-refractivity contribution in [2.45, 2.75) is 137 Å². The number of nitrogens with one attached hydrogen (secondary N) is 1. The molecule has 4 saturated carbocycles. The van der Waals surface area contributed by atoms with Gasteiger partial charge in [-0.2, -0.15) is 0 Å². The Labute approximate surface area is 345 Å². The normalized spacial score (nSPS) is 39.3. The Morgan fingerprint density at radius 3 is 2.40 bits per heavy atom. The molecule has 5 N–H and O–H groups in total. The van der Waals surface area contributed by atoms with Crippen LogP contribution in [0.2, 0.25) is 0 Å². The first-order valence-corrected chi connectivity index (χ1v) is 22.1. The summed E-state index contributed by atoms with van der Waals surface area (Å²) in [5.74, 6) is 0.398. The third kappa shape index (κ3) is 6.58. The average Bonchev–Trinajstić information content (AvgIpc) is 3.57. The van der Waals surface area contributed by atoms with Crippen LogP contribution < -0.4 is 15.8 Å². The fraction of sp³-hybridized carbons (Fsp3) is 0.708. The highest BCUT2D eigenvalue weighted by molar-refractivity contribution is 5.95. The van der Waals surface area contributed by atoms with Gasteiger partial charge in [0.15, 0.2) is 6.10 Å². The number of carboxylic acids is 1. The number of aliphatic carboxylic acids is 1. The summed E-state index contributed by atoms with van der Waals surface area (Å²) in [5.41, 5.74) is 9.06. The van der Waals surface area contributed by atoms with Crippen LogP contribution in [-0.4, -0.2) is 64.4 Å². The van der Waals surface area contributed by atoms with Gasteiger partial charge in [-0.3, -0.25) is 9.59 Å². The number of rotatable bonds is 12. The Morgan fingerprint density at radius 1 is 0.983 bits per heavy atom. The first-order valence-electron chi connectivity index (χ1n) is 22.1. The third-order valence-electron chi connectivity index (χ3n) is 17.8. The number of pyridine rings is 1. The highest BCUT2D eigenvalue weighted by atomic mass is 16.5. The van der Waals surface area contributed by atoms with Gasteiger partial charge in [0.05, 0.1) is 6.61 Å². The highest BCUT2D eigenvalue weighted by Crippen LogP contribution is 2.76. The largest absolute Gasteiger partial charge is 0.479 e. The molecule has 4 fully saturated rings. The van der Waals surface area contributed by atoms with Crippen molar-refractivity contribution in [1.29, 1.82) is 0 Å². The van der Waals surface area contributed by atoms with E-state index in [4.69, 9.17) is 15.2 Å². The summed E-state index contributed by atoms with van der Waals surface area (Å²) in [6.07, 6.45) is 16.7. The van der Waals surface area contributed by atoms with E-state index in [1.165, 1.54) is 36.0 Å². The molecule has 0 aromatic carbocycles. The minimum Gasteiger partial charge on any atom is -0.479 e. The number of nitrogens with two attached hydrogens (primary N) is 1. The van der Waals surface area contributed by atoms with E-state index in [0.29, 0.717) is 42.4 Å². The van der Waals surface area contributed by atoms with Crippen LogP contribution in [0, 0.1) is 56.7 Å². The van der Waals surface area contributed by atoms with Gasteiger partial charge in [0.1, 0.15) is 17.6 Å². The number of carboxylic acid groups (broad SMARTS) is 1. The summed E-state index contributed by atoms with van der Waals surface area (Å²) in [5, 5.41) is 23.5. The third-order valence-corrected chi connectivity index (χ3v) is 17.8. The molecule has 1 aromatic heterocycles. The van der Waals surface area contributed by atoms with E-state index in [0.717, 1.165) is 44.9 Å². The van der Waals surface area contributed by atoms with Crippen molar-refractivity contribution in [2.75, 3.05) is 19.8 Å². The van der Waals surface area contributed by atoms with Gasteiger partial charge >= 0.3 is 11.9 Å². The van der Waals surface area contributed by atoms with E-state index in [2.05, 4.69) is 70.6 Å². The van der Waals surface area contributed by atoms with E-state index in [1.807, 2.05) is 6.92 Å². The van der Waals surface area contributed by atoms with Gasteiger partial charge in [-0.05, 0) is 165 Å². The second-order valence-corrected chi connectivity index (χ2v) is 20.6. The summed E-state index contributed by atoms with van der Waals surface area (Å²) in [6, 6.07) is 3.22. The number of nitrogens with zero attached hydrogens (tertiary/aromatic N) is 1. The predicted molar refractivity (Wildman–Crippen MR) is 224 cm³/mol. The number of hydrogen-bond donors (Lipinski definition) is 4. The molecule has 1 amide bonds. The summed E-state index contributed by atoms with van der Waals surface area (Å²) in [4.78, 5) is 41.6. The number of aliphatic hydroxyl groups is 1. The molecule has 318 valence electrons. The van der Waals surface area contributed by atoms with Crippen molar-refractivity contribution >= 4 is 17.8 Å². The molecule has 0 unspecified atom stereocenters. The Bertz CT molecular complexity index is 1890. The molecule has 10 heteroatoms. The molecular weight excluding hydrogens is 731 g/mol. The molecule has 7 rings (SSSR count). The number of carbonyl (C=O) groups excluding carboxylic acids is 2. The van der Waals surface area contributed by atoms with Crippen LogP contribution in [0.3, 0.4) is 0 Å². The number of β-amino-alcohol motifs (C(OH)–C–C–N with tert-alkyl or cyclic N) is 1. The Balaban J connectivity index is 1.14. The molecule has 1 heterocycles. The lowest BCUT2D eigenvalue weighted by atomic mass is 9.33. The predicted octanol–water partition coefficient (Wildman–Crippen LogP) is 8.20. The van der Waals surface area contributed by atoms with Gasteiger partial charge in [-0.1, -0.05) is 58.9 Å². The highest BCUT2D eigenvalue weighted by Gasteiger charge is 2.70. The maximum Gasteiger partial charge on any atom is 0.333 e. The molecular formula is C48H69N3O7. The second-order valence-electron chi connectivity index (χ2n) is 20.6. The van der Waals surface area contributed by atoms with Crippen LogP contribution in [0.5, 0.6) is 5.88 Å². The number of hydrogen-bond acceptors (Lipinski definition) is 8. The molecule has 1 aromatic rings. The van der Waals surface area contributed by atoms with Crippen molar-refractivity contribution in [3.8, 4) is 5.88 Å². The Morgan fingerprint density at radius 2 is 1.74 bits per heavy atom. The summed E-state index contributed by atoms with van der Waals surface area (Å²) in [6.45, 7) is 21.7. The van der Waals surface area contributed by atoms with Crippen molar-refractivity contribution in [1.82, 2.24) is 10.3 Å². The zero-order chi connectivity index (χ0) is 42.1. The fourth-order valence-electron chi connectivity index (χ4n) is 14.7. The van der Waals surface area contributed by atoms with Crippen LogP contribution in [0.4, 0.5) is 0 Å². The van der Waals surface area contributed by atoms with Crippen LogP contribution in [0.25, 0.3) is 0 Å². The summed E-state index contributed by atoms with van der Waals surface area (Å²) < 4.78 is 11.7. The molecule has 0 saturated heterocycles. The van der Waals surface area contributed by atoms with E-state index in [9.17, 15) is 24.6 Å². The molecule has 6 aliphatic rings. The number of esters is 1. The zero-order valence-corrected chi connectivity index (χ0v) is 36.1. The standard InChI is InChI=1S/C48H69N3O7/c1-9-57-42(56)47(28-58-40-32(39(49)53)11-10-26-50-40)21-14-30(15-22-47)33-17-19-44(6)36(43(33,4)5)18-20-46(8)37(44)13-12-34-38-31(29(2)3)16-23-48(38,25-24-45(34,46)7)51-27-35(52)41(54)55/h10-11,14,17,26,31,34-38,51-52H,2,9,12-13,15-16,18-25,27-28H2,1,3-8H3,(H2,49,53)(H,54,55)/t31-,34+,35+,36-,37+,38+,44-,45+,46+,47+,48-/m0/s1. The van der Waals surface area contributed by atoms with E-state index < -0.39 is 23.4 Å².